The van der Waals surface area contributed by atoms with Crippen LogP contribution in [0.2, 0.25) is 0 Å². The number of carboxylic acids is 1. The maximum atomic E-state index is 12.4. The monoisotopic (exact) mass is 321 g/mol. The number of carbonyl (C=O) groups is 2. The van der Waals surface area contributed by atoms with Crippen LogP contribution >= 0.6 is 0 Å². The zero-order chi connectivity index (χ0) is 17.6. The second-order valence-electron chi connectivity index (χ2n) is 5.25. The zero-order valence-corrected chi connectivity index (χ0v) is 13.9. The predicted molar refractivity (Wildman–Crippen MR) is 87.2 cm³/mol. The first kappa shape index (κ1) is 18.5. The fraction of sp³-hybridized carbons (Fsp3) is 0.412. The highest BCUT2D eigenvalue weighted by Crippen LogP contribution is 2.33. The molecule has 1 aromatic rings. The van der Waals surface area contributed by atoms with E-state index in [2.05, 4.69) is 11.9 Å². The minimum atomic E-state index is -0.961. The summed E-state index contributed by atoms with van der Waals surface area (Å²) in [6, 6.07) is 2.76. The number of nitrogens with one attached hydrogen (secondary N) is 1. The number of allylic oxidation sites excluding steroid dienone is 1. The number of rotatable bonds is 8. The zero-order valence-electron chi connectivity index (χ0n) is 13.9. The Bertz CT molecular complexity index is 597. The first-order valence-corrected chi connectivity index (χ1v) is 7.25. The van der Waals surface area contributed by atoms with Crippen LogP contribution in [-0.2, 0) is 11.2 Å². The van der Waals surface area contributed by atoms with Crippen molar-refractivity contribution in [3.63, 3.8) is 0 Å². The number of benzene rings is 1. The Labute approximate surface area is 136 Å². The van der Waals surface area contributed by atoms with E-state index in [9.17, 15) is 9.59 Å². The molecule has 1 aromatic carbocycles. The Kier molecular flexibility index (Phi) is 6.63. The number of carbonyl (C=O) groups excluding carboxylic acids is 1. The fourth-order valence-electron chi connectivity index (χ4n) is 2.11. The molecule has 23 heavy (non-hydrogen) atoms. The molecule has 0 aliphatic rings. The molecule has 2 N–H and O–H groups in total. The molecule has 0 radical (unpaired) electrons. The fourth-order valence-corrected chi connectivity index (χ4v) is 2.11. The van der Waals surface area contributed by atoms with Crippen molar-refractivity contribution in [2.45, 2.75) is 26.3 Å². The van der Waals surface area contributed by atoms with Crippen molar-refractivity contribution < 1.29 is 24.2 Å². The van der Waals surface area contributed by atoms with Crippen LogP contribution in [-0.4, -0.2) is 37.2 Å². The van der Waals surface area contributed by atoms with Gasteiger partial charge in [0.2, 0.25) is 0 Å². The van der Waals surface area contributed by atoms with Crippen molar-refractivity contribution >= 4 is 11.9 Å². The van der Waals surface area contributed by atoms with Gasteiger partial charge in [-0.1, -0.05) is 6.08 Å². The number of methoxy groups -OCH3 is 2. The van der Waals surface area contributed by atoms with Crippen LogP contribution in [0.25, 0.3) is 0 Å². The van der Waals surface area contributed by atoms with Gasteiger partial charge in [-0.3, -0.25) is 9.59 Å². The summed E-state index contributed by atoms with van der Waals surface area (Å²) >= 11 is 0. The van der Waals surface area contributed by atoms with E-state index in [4.69, 9.17) is 14.6 Å². The quantitative estimate of drug-likeness (QED) is 0.718. The van der Waals surface area contributed by atoms with Crippen molar-refractivity contribution in [1.29, 1.82) is 0 Å². The van der Waals surface area contributed by atoms with Crippen molar-refractivity contribution in [3.05, 3.63) is 35.9 Å². The first-order chi connectivity index (χ1) is 10.8. The van der Waals surface area contributed by atoms with Crippen LogP contribution in [0.15, 0.2) is 24.8 Å². The Morgan fingerprint density at radius 1 is 1.30 bits per heavy atom. The van der Waals surface area contributed by atoms with Gasteiger partial charge in [-0.05, 0) is 32.4 Å². The Morgan fingerprint density at radius 2 is 1.96 bits per heavy atom. The average Bonchev–Trinajstić information content (AvgIpc) is 2.53. The topological polar surface area (TPSA) is 84.9 Å². The van der Waals surface area contributed by atoms with Gasteiger partial charge in [-0.15, -0.1) is 6.58 Å². The number of carboxylic acid groups (broad SMARTS) is 1. The molecule has 1 amide bonds. The van der Waals surface area contributed by atoms with Gasteiger partial charge in [-0.2, -0.15) is 0 Å². The van der Waals surface area contributed by atoms with E-state index in [1.165, 1.54) is 14.2 Å². The van der Waals surface area contributed by atoms with Crippen LogP contribution in [0.3, 0.4) is 0 Å². The highest BCUT2D eigenvalue weighted by molar-refractivity contribution is 5.95. The van der Waals surface area contributed by atoms with Crippen molar-refractivity contribution in [2.24, 2.45) is 5.92 Å². The van der Waals surface area contributed by atoms with E-state index in [1.807, 2.05) is 0 Å². The maximum Gasteiger partial charge on any atom is 0.308 e. The largest absolute Gasteiger partial charge is 0.493 e. The second kappa shape index (κ2) is 8.22. The summed E-state index contributed by atoms with van der Waals surface area (Å²) in [6.45, 7) is 6.89. The van der Waals surface area contributed by atoms with E-state index < -0.39 is 17.9 Å². The van der Waals surface area contributed by atoms with Crippen LogP contribution in [0, 0.1) is 5.92 Å². The molecule has 0 aliphatic heterocycles. The molecule has 6 nitrogen and oxygen atoms in total. The van der Waals surface area contributed by atoms with Gasteiger partial charge in [0.1, 0.15) is 0 Å². The van der Waals surface area contributed by atoms with Crippen LogP contribution in [0.5, 0.6) is 11.5 Å². The summed E-state index contributed by atoms with van der Waals surface area (Å²) in [6.07, 6.45) is 2.22. The molecule has 2 unspecified atom stereocenters. The van der Waals surface area contributed by atoms with Crippen molar-refractivity contribution in [1.82, 2.24) is 5.32 Å². The lowest BCUT2D eigenvalue weighted by atomic mass is 10.0. The molecule has 126 valence electrons. The smallest absolute Gasteiger partial charge is 0.308 e. The molecule has 0 fully saturated rings. The highest BCUT2D eigenvalue weighted by Gasteiger charge is 2.22. The minimum Gasteiger partial charge on any atom is -0.493 e. The molecule has 6 heteroatoms. The molecule has 0 aliphatic carbocycles. The van der Waals surface area contributed by atoms with E-state index >= 15 is 0 Å². The van der Waals surface area contributed by atoms with Crippen LogP contribution in [0.4, 0.5) is 0 Å². The molecule has 0 bridgehead atoms. The molecule has 0 heterocycles. The van der Waals surface area contributed by atoms with E-state index in [1.54, 1.807) is 32.1 Å². The lowest BCUT2D eigenvalue weighted by Gasteiger charge is -2.19. The van der Waals surface area contributed by atoms with Crippen LogP contribution < -0.4 is 14.8 Å². The number of amides is 1. The molecule has 0 saturated carbocycles. The lowest BCUT2D eigenvalue weighted by molar-refractivity contribution is -0.141. The number of hydrogen-bond donors (Lipinski definition) is 2. The van der Waals surface area contributed by atoms with Gasteiger partial charge < -0.3 is 19.9 Å². The molecule has 0 spiro atoms. The minimum absolute atomic E-state index is 0.364. The summed E-state index contributed by atoms with van der Waals surface area (Å²) in [4.78, 5) is 23.4. The standard InChI is InChI=1S/C17H23NO5/c1-6-7-12-8-13(9-14(22-4)15(12)23-5)16(19)18-11(3)10(2)17(20)21/h6,8-11H,1,7H2,2-5H3,(H,18,19)(H,20,21). The summed E-state index contributed by atoms with van der Waals surface area (Å²) < 4.78 is 10.6. The number of aliphatic carboxylic acids is 1. The van der Waals surface area contributed by atoms with Crippen LogP contribution in [0.1, 0.15) is 29.8 Å². The second-order valence-corrected chi connectivity index (χ2v) is 5.25. The Hall–Kier alpha value is -2.50. The molecule has 0 saturated heterocycles. The van der Waals surface area contributed by atoms with Gasteiger partial charge in [0.25, 0.3) is 5.91 Å². The van der Waals surface area contributed by atoms with E-state index in [0.717, 1.165) is 5.56 Å². The molecule has 0 aromatic heterocycles. The van der Waals surface area contributed by atoms with Gasteiger partial charge in [0.15, 0.2) is 11.5 Å². The van der Waals surface area contributed by atoms with Gasteiger partial charge in [0, 0.05) is 17.2 Å². The third kappa shape index (κ3) is 4.48. The normalized spacial score (nSPS) is 12.9. The summed E-state index contributed by atoms with van der Waals surface area (Å²) in [7, 11) is 3.02. The number of ether oxygens (including phenoxy) is 2. The Balaban J connectivity index is 3.11. The van der Waals surface area contributed by atoms with Crippen molar-refractivity contribution in [2.75, 3.05) is 14.2 Å². The molecule has 2 atom stereocenters. The lowest BCUT2D eigenvalue weighted by Crippen LogP contribution is -2.40. The van der Waals surface area contributed by atoms with Gasteiger partial charge in [-0.25, -0.2) is 0 Å². The third-order valence-electron chi connectivity index (χ3n) is 3.68. The average molecular weight is 321 g/mol. The predicted octanol–water partition coefficient (Wildman–Crippen LogP) is 2.27. The maximum absolute atomic E-state index is 12.4. The van der Waals surface area contributed by atoms with E-state index in [-0.39, 0.29) is 5.91 Å². The third-order valence-corrected chi connectivity index (χ3v) is 3.68. The summed E-state index contributed by atoms with van der Waals surface area (Å²) in [5, 5.41) is 11.7. The first-order valence-electron chi connectivity index (χ1n) is 7.25. The van der Waals surface area contributed by atoms with Gasteiger partial charge >= 0.3 is 5.97 Å². The van der Waals surface area contributed by atoms with Gasteiger partial charge in [0.05, 0.1) is 20.1 Å². The molecular weight excluding hydrogens is 298 g/mol. The SMILES string of the molecule is C=CCc1cc(C(=O)NC(C)C(C)C(=O)O)cc(OC)c1OC. The van der Waals surface area contributed by atoms with E-state index in [0.29, 0.717) is 23.5 Å². The Morgan fingerprint density at radius 3 is 2.43 bits per heavy atom. The summed E-state index contributed by atoms with van der Waals surface area (Å²) in [5.41, 5.74) is 1.15. The highest BCUT2D eigenvalue weighted by atomic mass is 16.5. The molecular formula is C17H23NO5. The summed E-state index contributed by atoms with van der Waals surface area (Å²) in [5.74, 6) is -1.02. The number of hydrogen-bond acceptors (Lipinski definition) is 4. The molecule has 1 rings (SSSR count). The van der Waals surface area contributed by atoms with Crippen molar-refractivity contribution in [3.8, 4) is 11.5 Å².